The lowest BCUT2D eigenvalue weighted by molar-refractivity contribution is -0.110. The van der Waals surface area contributed by atoms with E-state index in [0.717, 1.165) is 21.9 Å². The Morgan fingerprint density at radius 1 is 1.31 bits per heavy atom. The minimum absolute atomic E-state index is 0.0191. The molecule has 4 rings (SSSR count). The fourth-order valence-electron chi connectivity index (χ4n) is 3.59. The van der Waals surface area contributed by atoms with Crippen LogP contribution in [0.2, 0.25) is 0 Å². The number of imidazole rings is 1. The number of carbonyl (C=O) groups excluding carboxylic acids is 2. The topological polar surface area (TPSA) is 97.3 Å². The second-order valence-electron chi connectivity index (χ2n) is 6.30. The van der Waals surface area contributed by atoms with Crippen LogP contribution in [0.1, 0.15) is 18.9 Å². The molecule has 0 aliphatic carbocycles. The Morgan fingerprint density at radius 3 is 2.85 bits per heavy atom. The van der Waals surface area contributed by atoms with Crippen molar-refractivity contribution in [2.45, 2.75) is 18.9 Å². The summed E-state index contributed by atoms with van der Waals surface area (Å²) in [6, 6.07) is 7.66. The average Bonchev–Trinajstić information content (AvgIpc) is 3.02. The van der Waals surface area contributed by atoms with E-state index in [1.54, 1.807) is 15.7 Å². The minimum Gasteiger partial charge on any atom is -0.442 e. The molecular weight excluding hydrogens is 336 g/mol. The summed E-state index contributed by atoms with van der Waals surface area (Å²) in [6.07, 6.45) is 3.05. The molecule has 1 aromatic carbocycles. The fraction of sp³-hybridized carbons (Fsp3) is 0.333. The smallest absolute Gasteiger partial charge is 0.410 e. The van der Waals surface area contributed by atoms with Gasteiger partial charge in [-0.1, -0.05) is 18.2 Å². The number of amides is 1. The monoisotopic (exact) mass is 354 g/mol. The number of likely N-dealkylation sites (tertiary alicyclic amines) is 1. The summed E-state index contributed by atoms with van der Waals surface area (Å²) in [5, 5.41) is 0.913. The van der Waals surface area contributed by atoms with Crippen molar-refractivity contribution in [3.05, 3.63) is 40.9 Å². The first-order chi connectivity index (χ1) is 12.7. The highest BCUT2D eigenvalue weighted by molar-refractivity contribution is 6.01. The van der Waals surface area contributed by atoms with Crippen LogP contribution >= 0.6 is 0 Å². The normalized spacial score (nSPS) is 15.5. The molecular formula is C18H18N4O4. The predicted molar refractivity (Wildman–Crippen MR) is 95.1 cm³/mol. The maximum atomic E-state index is 12.6. The Bertz CT molecular complexity index is 1030. The summed E-state index contributed by atoms with van der Waals surface area (Å²) >= 11 is 0. The Kier molecular flexibility index (Phi) is 4.16. The molecule has 1 aliphatic heterocycles. The van der Waals surface area contributed by atoms with Gasteiger partial charge < -0.3 is 14.6 Å². The number of hydrogen-bond acceptors (Lipinski definition) is 5. The Morgan fingerprint density at radius 2 is 2.08 bits per heavy atom. The summed E-state index contributed by atoms with van der Waals surface area (Å²) < 4.78 is 6.57. The average molecular weight is 354 g/mol. The molecule has 3 aromatic rings. The first kappa shape index (κ1) is 16.3. The lowest BCUT2D eigenvalue weighted by Crippen LogP contribution is -2.40. The molecule has 1 saturated heterocycles. The van der Waals surface area contributed by atoms with E-state index in [2.05, 4.69) is 9.97 Å². The molecule has 0 atom stereocenters. The summed E-state index contributed by atoms with van der Waals surface area (Å²) in [5.74, 6) is 0. The van der Waals surface area contributed by atoms with Crippen LogP contribution in [0.15, 0.2) is 35.3 Å². The number of benzene rings is 1. The van der Waals surface area contributed by atoms with Gasteiger partial charge in [0.25, 0.3) is 0 Å². The van der Waals surface area contributed by atoms with Gasteiger partial charge in [-0.2, -0.15) is 0 Å². The Balaban J connectivity index is 1.61. The van der Waals surface area contributed by atoms with E-state index < -0.39 is 6.09 Å². The van der Waals surface area contributed by atoms with Crippen molar-refractivity contribution in [2.24, 2.45) is 0 Å². The number of nitrogens with one attached hydrogen (secondary N) is 1. The van der Waals surface area contributed by atoms with Crippen LogP contribution in [0.25, 0.3) is 21.9 Å². The zero-order chi connectivity index (χ0) is 18.1. The lowest BCUT2D eigenvalue weighted by Gasteiger charge is -2.31. The summed E-state index contributed by atoms with van der Waals surface area (Å²) in [5.41, 5.74) is 2.23. The fourth-order valence-corrected chi connectivity index (χ4v) is 3.59. The van der Waals surface area contributed by atoms with Crippen molar-refractivity contribution in [1.29, 1.82) is 0 Å². The number of ether oxygens (including phenoxy) is 1. The van der Waals surface area contributed by atoms with E-state index in [0.29, 0.717) is 32.2 Å². The van der Waals surface area contributed by atoms with E-state index in [1.807, 2.05) is 24.3 Å². The summed E-state index contributed by atoms with van der Waals surface area (Å²) in [4.78, 5) is 43.7. The summed E-state index contributed by atoms with van der Waals surface area (Å²) in [6.45, 7) is 0.713. The van der Waals surface area contributed by atoms with Gasteiger partial charge in [0, 0.05) is 24.5 Å². The van der Waals surface area contributed by atoms with Crippen LogP contribution < -0.4 is 5.69 Å². The predicted octanol–water partition coefficient (Wildman–Crippen LogP) is 1.85. The van der Waals surface area contributed by atoms with Crippen molar-refractivity contribution in [3.8, 4) is 0 Å². The molecule has 0 bridgehead atoms. The maximum absolute atomic E-state index is 12.6. The molecule has 26 heavy (non-hydrogen) atoms. The van der Waals surface area contributed by atoms with E-state index in [-0.39, 0.29) is 18.3 Å². The first-order valence-electron chi connectivity index (χ1n) is 8.52. The maximum Gasteiger partial charge on any atom is 0.410 e. The third-order valence-corrected chi connectivity index (χ3v) is 4.83. The number of rotatable bonds is 3. The second kappa shape index (κ2) is 6.62. The van der Waals surface area contributed by atoms with Gasteiger partial charge in [-0.15, -0.1) is 0 Å². The largest absolute Gasteiger partial charge is 0.442 e. The third-order valence-electron chi connectivity index (χ3n) is 4.83. The number of fused-ring (bicyclic) bond motifs is 3. The number of nitrogens with zero attached hydrogens (tertiary/aromatic N) is 3. The van der Waals surface area contributed by atoms with Crippen LogP contribution in [-0.2, 0) is 9.53 Å². The van der Waals surface area contributed by atoms with Gasteiger partial charge >= 0.3 is 11.8 Å². The van der Waals surface area contributed by atoms with Gasteiger partial charge in [-0.25, -0.2) is 9.59 Å². The molecule has 1 aliphatic rings. The number of hydrogen-bond donors (Lipinski definition) is 1. The van der Waals surface area contributed by atoms with Gasteiger partial charge in [-0.3, -0.25) is 14.3 Å². The number of piperidine rings is 1. The minimum atomic E-state index is -0.491. The van der Waals surface area contributed by atoms with Crippen molar-refractivity contribution in [2.75, 3.05) is 19.7 Å². The Labute approximate surface area is 148 Å². The van der Waals surface area contributed by atoms with Gasteiger partial charge in [0.15, 0.2) is 6.29 Å². The number of pyridine rings is 1. The first-order valence-corrected chi connectivity index (χ1v) is 8.52. The highest BCUT2D eigenvalue weighted by atomic mass is 16.6. The van der Waals surface area contributed by atoms with Crippen molar-refractivity contribution >= 4 is 34.3 Å². The van der Waals surface area contributed by atoms with E-state index in [1.165, 1.54) is 0 Å². The standard InChI is InChI=1S/C18H18N4O4/c23-9-10-26-18(25)21-7-5-12(6-8-21)22-15-11-19-14-4-2-1-3-13(14)16(15)20-17(22)24/h1-4,9,11-12H,5-8,10H2,(H,20,24). The molecule has 8 heteroatoms. The van der Waals surface area contributed by atoms with Gasteiger partial charge in [0.2, 0.25) is 0 Å². The van der Waals surface area contributed by atoms with E-state index in [4.69, 9.17) is 4.74 Å². The molecule has 1 fully saturated rings. The molecule has 1 N–H and O–H groups in total. The molecule has 0 saturated carbocycles. The zero-order valence-corrected chi connectivity index (χ0v) is 14.1. The van der Waals surface area contributed by atoms with Crippen LogP contribution in [0, 0.1) is 0 Å². The van der Waals surface area contributed by atoms with Crippen LogP contribution in [0.5, 0.6) is 0 Å². The number of aromatic amines is 1. The number of H-pyrrole nitrogens is 1. The Hall–Kier alpha value is -3.16. The van der Waals surface area contributed by atoms with Gasteiger partial charge in [0.1, 0.15) is 6.61 Å². The van der Waals surface area contributed by atoms with Crippen LogP contribution in [0.3, 0.4) is 0 Å². The van der Waals surface area contributed by atoms with Crippen molar-refractivity contribution in [3.63, 3.8) is 0 Å². The molecule has 2 aromatic heterocycles. The summed E-state index contributed by atoms with van der Waals surface area (Å²) in [7, 11) is 0. The van der Waals surface area contributed by atoms with E-state index in [9.17, 15) is 14.4 Å². The van der Waals surface area contributed by atoms with Crippen molar-refractivity contribution < 1.29 is 14.3 Å². The van der Waals surface area contributed by atoms with E-state index >= 15 is 0 Å². The van der Waals surface area contributed by atoms with Crippen molar-refractivity contribution in [1.82, 2.24) is 19.4 Å². The van der Waals surface area contributed by atoms with Crippen LogP contribution in [0.4, 0.5) is 4.79 Å². The second-order valence-corrected chi connectivity index (χ2v) is 6.30. The SMILES string of the molecule is O=CCOC(=O)N1CCC(n2c(=O)[nH]c3c4ccccc4ncc32)CC1. The molecule has 0 radical (unpaired) electrons. The molecule has 0 unspecified atom stereocenters. The third kappa shape index (κ3) is 2.73. The highest BCUT2D eigenvalue weighted by Gasteiger charge is 2.27. The molecule has 134 valence electrons. The van der Waals surface area contributed by atoms with Crippen LogP contribution in [-0.4, -0.2) is 51.5 Å². The number of carbonyl (C=O) groups is 2. The van der Waals surface area contributed by atoms with Gasteiger partial charge in [-0.05, 0) is 18.9 Å². The zero-order valence-electron chi connectivity index (χ0n) is 14.1. The molecule has 0 spiro atoms. The van der Waals surface area contributed by atoms with Gasteiger partial charge in [0.05, 0.1) is 22.7 Å². The molecule has 3 heterocycles. The lowest BCUT2D eigenvalue weighted by atomic mass is 10.0. The molecule has 1 amide bonds. The number of aldehydes is 1. The highest BCUT2D eigenvalue weighted by Crippen LogP contribution is 2.27. The quantitative estimate of drug-likeness (QED) is 0.724. The number of aromatic nitrogens is 3. The number of para-hydroxylation sites is 1. The molecule has 8 nitrogen and oxygen atoms in total.